The molecule has 0 saturated carbocycles. The van der Waals surface area contributed by atoms with Gasteiger partial charge in [0.25, 0.3) is 15.9 Å². The summed E-state index contributed by atoms with van der Waals surface area (Å²) in [4.78, 5) is 12.4. The molecule has 0 radical (unpaired) electrons. The largest absolute Gasteiger partial charge is 0.494 e. The van der Waals surface area contributed by atoms with E-state index >= 15 is 0 Å². The first-order valence-electron chi connectivity index (χ1n) is 6.84. The minimum Gasteiger partial charge on any atom is -0.494 e. The molecule has 0 saturated heterocycles. The zero-order valence-corrected chi connectivity index (χ0v) is 13.4. The standard InChI is InChI=1S/C15H14F2N2O4S/c1-2-23-11-8-6-10(7-9-11)15(20)18-19-24(21,22)14-12(16)4-3-5-13(14)17/h3-9,19H,2H2,1H3,(H,18,20). The highest BCUT2D eigenvalue weighted by atomic mass is 32.2. The molecule has 2 aromatic rings. The summed E-state index contributed by atoms with van der Waals surface area (Å²) in [6, 6.07) is 8.52. The van der Waals surface area contributed by atoms with Gasteiger partial charge in [-0.15, -0.1) is 4.83 Å². The van der Waals surface area contributed by atoms with Gasteiger partial charge in [-0.25, -0.2) is 17.2 Å². The van der Waals surface area contributed by atoms with Crippen LogP contribution in [0.1, 0.15) is 17.3 Å². The molecule has 2 aromatic carbocycles. The van der Waals surface area contributed by atoms with Gasteiger partial charge in [0.15, 0.2) is 4.90 Å². The lowest BCUT2D eigenvalue weighted by atomic mass is 10.2. The maximum absolute atomic E-state index is 13.5. The lowest BCUT2D eigenvalue weighted by molar-refractivity contribution is 0.0945. The molecule has 0 unspecified atom stereocenters. The second-order valence-corrected chi connectivity index (χ2v) is 6.19. The SMILES string of the molecule is CCOc1ccc(C(=O)NNS(=O)(=O)c2c(F)cccc2F)cc1. The number of halogens is 2. The van der Waals surface area contributed by atoms with Crippen molar-refractivity contribution in [3.8, 4) is 5.75 Å². The third-order valence-electron chi connectivity index (χ3n) is 2.91. The molecular formula is C15H14F2N2O4S. The first-order valence-corrected chi connectivity index (χ1v) is 8.32. The van der Waals surface area contributed by atoms with E-state index in [0.717, 1.165) is 18.2 Å². The van der Waals surface area contributed by atoms with Crippen LogP contribution in [0.2, 0.25) is 0 Å². The van der Waals surface area contributed by atoms with Crippen molar-refractivity contribution < 1.29 is 26.7 Å². The molecule has 0 spiro atoms. The number of hydrogen-bond acceptors (Lipinski definition) is 4. The molecule has 0 atom stereocenters. The van der Waals surface area contributed by atoms with Crippen molar-refractivity contribution in [2.45, 2.75) is 11.8 Å². The van der Waals surface area contributed by atoms with E-state index in [9.17, 15) is 22.0 Å². The Hall–Kier alpha value is -2.52. The van der Waals surface area contributed by atoms with E-state index in [0.29, 0.717) is 12.4 Å². The zero-order valence-electron chi connectivity index (χ0n) is 12.5. The van der Waals surface area contributed by atoms with Gasteiger partial charge in [0.1, 0.15) is 17.4 Å². The molecule has 9 heteroatoms. The molecule has 0 heterocycles. The van der Waals surface area contributed by atoms with Gasteiger partial charge in [0, 0.05) is 5.56 Å². The van der Waals surface area contributed by atoms with Gasteiger partial charge in [-0.1, -0.05) is 6.07 Å². The highest BCUT2D eigenvalue weighted by Gasteiger charge is 2.24. The maximum atomic E-state index is 13.5. The number of nitrogens with one attached hydrogen (secondary N) is 2. The first kappa shape index (κ1) is 17.8. The molecule has 128 valence electrons. The third-order valence-corrected chi connectivity index (χ3v) is 4.21. The smallest absolute Gasteiger partial charge is 0.266 e. The van der Waals surface area contributed by atoms with Crippen LogP contribution < -0.4 is 15.0 Å². The Bertz CT molecular complexity index is 819. The van der Waals surface area contributed by atoms with E-state index in [1.807, 2.05) is 5.43 Å². The summed E-state index contributed by atoms with van der Waals surface area (Å²) in [5.41, 5.74) is 2.03. The molecule has 0 aliphatic heterocycles. The average Bonchev–Trinajstić information content (AvgIpc) is 2.53. The number of benzene rings is 2. The number of sulfonamides is 1. The molecule has 6 nitrogen and oxygen atoms in total. The molecular weight excluding hydrogens is 342 g/mol. The van der Waals surface area contributed by atoms with Gasteiger partial charge < -0.3 is 4.74 Å². The molecule has 0 bridgehead atoms. The molecule has 0 aromatic heterocycles. The molecule has 0 aliphatic rings. The molecule has 24 heavy (non-hydrogen) atoms. The Labute approximate surface area is 137 Å². The quantitative estimate of drug-likeness (QED) is 0.775. The Morgan fingerprint density at radius 3 is 2.21 bits per heavy atom. The molecule has 2 N–H and O–H groups in total. The summed E-state index contributed by atoms with van der Waals surface area (Å²) in [6.07, 6.45) is 0. The highest BCUT2D eigenvalue weighted by molar-refractivity contribution is 7.89. The summed E-state index contributed by atoms with van der Waals surface area (Å²) in [6.45, 7) is 2.26. The zero-order chi connectivity index (χ0) is 17.7. The normalized spacial score (nSPS) is 11.1. The van der Waals surface area contributed by atoms with Crippen molar-refractivity contribution in [2.24, 2.45) is 0 Å². The monoisotopic (exact) mass is 356 g/mol. The van der Waals surface area contributed by atoms with Gasteiger partial charge >= 0.3 is 0 Å². The van der Waals surface area contributed by atoms with E-state index in [1.54, 1.807) is 11.8 Å². The highest BCUT2D eigenvalue weighted by Crippen LogP contribution is 2.17. The van der Waals surface area contributed by atoms with Crippen LogP contribution in [0.3, 0.4) is 0 Å². The number of carbonyl (C=O) groups excluding carboxylic acids is 1. The Morgan fingerprint density at radius 1 is 1.08 bits per heavy atom. The van der Waals surface area contributed by atoms with Crippen molar-refractivity contribution in [1.82, 2.24) is 10.3 Å². The minimum atomic E-state index is -4.60. The average molecular weight is 356 g/mol. The Morgan fingerprint density at radius 2 is 1.67 bits per heavy atom. The van der Waals surface area contributed by atoms with E-state index in [-0.39, 0.29) is 5.56 Å². The molecule has 2 rings (SSSR count). The minimum absolute atomic E-state index is 0.134. The van der Waals surface area contributed by atoms with Crippen molar-refractivity contribution >= 4 is 15.9 Å². The van der Waals surface area contributed by atoms with Crippen LogP contribution in [0.15, 0.2) is 47.4 Å². The second kappa shape index (κ2) is 7.37. The lowest BCUT2D eigenvalue weighted by Crippen LogP contribution is -2.42. The first-order chi connectivity index (χ1) is 11.3. The fraction of sp³-hybridized carbons (Fsp3) is 0.133. The van der Waals surface area contributed by atoms with E-state index in [2.05, 4.69) is 0 Å². The summed E-state index contributed by atoms with van der Waals surface area (Å²) >= 11 is 0. The van der Waals surface area contributed by atoms with Gasteiger partial charge in [-0.3, -0.25) is 10.2 Å². The lowest BCUT2D eigenvalue weighted by Gasteiger charge is -2.10. The topological polar surface area (TPSA) is 84.5 Å². The summed E-state index contributed by atoms with van der Waals surface area (Å²) in [5.74, 6) is -2.78. The van der Waals surface area contributed by atoms with E-state index in [4.69, 9.17) is 4.74 Å². The fourth-order valence-electron chi connectivity index (χ4n) is 1.85. The van der Waals surface area contributed by atoms with E-state index in [1.165, 1.54) is 24.3 Å². The second-order valence-electron chi connectivity index (χ2n) is 4.57. The van der Waals surface area contributed by atoms with Crippen LogP contribution in [0, 0.1) is 11.6 Å². The molecule has 0 aliphatic carbocycles. The molecule has 0 fully saturated rings. The van der Waals surface area contributed by atoms with Crippen molar-refractivity contribution in [3.63, 3.8) is 0 Å². The number of hydrogen-bond donors (Lipinski definition) is 2. The third kappa shape index (κ3) is 4.06. The number of amides is 1. The van der Waals surface area contributed by atoms with Crippen LogP contribution in [-0.2, 0) is 10.0 Å². The number of hydrazine groups is 1. The van der Waals surface area contributed by atoms with Crippen LogP contribution >= 0.6 is 0 Å². The summed E-state index contributed by atoms with van der Waals surface area (Å²) < 4.78 is 56.1. The van der Waals surface area contributed by atoms with Crippen molar-refractivity contribution in [1.29, 1.82) is 0 Å². The van der Waals surface area contributed by atoms with Gasteiger partial charge in [-0.2, -0.15) is 0 Å². The Balaban J connectivity index is 2.10. The summed E-state index contributed by atoms with van der Waals surface area (Å²) in [7, 11) is -4.60. The number of rotatable bonds is 6. The molecule has 1 amide bonds. The van der Waals surface area contributed by atoms with Crippen molar-refractivity contribution in [2.75, 3.05) is 6.61 Å². The van der Waals surface area contributed by atoms with Crippen LogP contribution in [-0.4, -0.2) is 20.9 Å². The van der Waals surface area contributed by atoms with Crippen molar-refractivity contribution in [3.05, 3.63) is 59.7 Å². The van der Waals surface area contributed by atoms with Gasteiger partial charge in [-0.05, 0) is 43.3 Å². The predicted molar refractivity (Wildman–Crippen MR) is 81.8 cm³/mol. The van der Waals surface area contributed by atoms with Gasteiger partial charge in [0.05, 0.1) is 6.61 Å². The maximum Gasteiger partial charge on any atom is 0.266 e. The van der Waals surface area contributed by atoms with Crippen LogP contribution in [0.5, 0.6) is 5.75 Å². The number of carbonyl (C=O) groups is 1. The van der Waals surface area contributed by atoms with Gasteiger partial charge in [0.2, 0.25) is 0 Å². The predicted octanol–water partition coefficient (Wildman–Crippen LogP) is 1.99. The van der Waals surface area contributed by atoms with Crippen LogP contribution in [0.25, 0.3) is 0 Å². The van der Waals surface area contributed by atoms with Crippen LogP contribution in [0.4, 0.5) is 8.78 Å². The number of ether oxygens (including phenoxy) is 1. The Kier molecular flexibility index (Phi) is 5.47. The fourth-order valence-corrected chi connectivity index (χ4v) is 2.82. The summed E-state index contributed by atoms with van der Waals surface area (Å²) in [5, 5.41) is 0. The van der Waals surface area contributed by atoms with E-state index < -0.39 is 32.5 Å².